The van der Waals surface area contributed by atoms with E-state index in [1.807, 2.05) is 0 Å². The van der Waals surface area contributed by atoms with E-state index in [0.29, 0.717) is 46.8 Å². The topological polar surface area (TPSA) is 78.6 Å². The third kappa shape index (κ3) is 5.05. The average molecular weight is 610 g/mol. The van der Waals surface area contributed by atoms with Crippen molar-refractivity contribution in [3.05, 3.63) is 23.8 Å². The van der Waals surface area contributed by atoms with Gasteiger partial charge in [0, 0.05) is 5.54 Å². The lowest BCUT2D eigenvalue weighted by atomic mass is 9.33. The zero-order chi connectivity index (χ0) is 32.3. The first-order valence-corrected chi connectivity index (χ1v) is 18.1. The molecular formula is C39H63NO4. The Morgan fingerprint density at radius 1 is 0.909 bits per heavy atom. The van der Waals surface area contributed by atoms with E-state index >= 15 is 0 Å². The molecule has 5 aliphatic carbocycles. The van der Waals surface area contributed by atoms with Crippen molar-refractivity contribution in [1.29, 1.82) is 0 Å². The van der Waals surface area contributed by atoms with Crippen molar-refractivity contribution >= 4 is 11.9 Å². The van der Waals surface area contributed by atoms with Gasteiger partial charge in [0.05, 0.1) is 13.2 Å². The minimum atomic E-state index is -0.828. The summed E-state index contributed by atoms with van der Waals surface area (Å²) in [6, 6.07) is 0. The summed E-state index contributed by atoms with van der Waals surface area (Å²) in [6.07, 6.45) is 15.9. The smallest absolute Gasteiger partial charge is 0.320 e. The summed E-state index contributed by atoms with van der Waals surface area (Å²) >= 11 is 0. The Kier molecular flexibility index (Phi) is 9.10. The van der Waals surface area contributed by atoms with Gasteiger partial charge in [0.25, 0.3) is 0 Å². The second-order valence-electron chi connectivity index (χ2n) is 17.0. The number of ether oxygens (including phenoxy) is 2. The molecule has 0 aromatic rings. The lowest BCUT2D eigenvalue weighted by Gasteiger charge is -2.72. The Labute approximate surface area is 268 Å². The molecule has 0 heterocycles. The standard InChI is InChI=1S/C39H63NO4/c1-10-43-33(41)28(34(42)44-11-2)14-12-13-26-17-20-36(7)30(35(26,5)6)19-21-38(9)31(36)16-15-29-32-27(25(3)4)18-22-39(32,40)24-23-37(29,38)8/h17,27-32H,3,10-16,18-24,40H2,1-2,4-9H3/t27-,29+,30-,31+,32+,36-,37+,38+,39-/m0/s1. The largest absolute Gasteiger partial charge is 0.465 e. The zero-order valence-electron chi connectivity index (χ0n) is 29.4. The maximum atomic E-state index is 12.6. The molecule has 0 amide bonds. The molecule has 5 aliphatic rings. The van der Waals surface area contributed by atoms with Gasteiger partial charge in [-0.25, -0.2) is 0 Å². The summed E-state index contributed by atoms with van der Waals surface area (Å²) < 4.78 is 10.4. The molecule has 4 saturated carbocycles. The predicted octanol–water partition coefficient (Wildman–Crippen LogP) is 8.80. The Balaban J connectivity index is 1.36. The first kappa shape index (κ1) is 33.7. The van der Waals surface area contributed by atoms with Gasteiger partial charge in [-0.15, -0.1) is 0 Å². The molecule has 9 atom stereocenters. The van der Waals surface area contributed by atoms with Crippen LogP contribution < -0.4 is 5.73 Å². The van der Waals surface area contributed by atoms with Crippen LogP contribution in [0.15, 0.2) is 23.8 Å². The Morgan fingerprint density at radius 2 is 1.57 bits per heavy atom. The Hall–Kier alpha value is -1.62. The van der Waals surface area contributed by atoms with Crippen LogP contribution in [0.4, 0.5) is 0 Å². The minimum absolute atomic E-state index is 0.00211. The van der Waals surface area contributed by atoms with E-state index in [-0.39, 0.29) is 29.6 Å². The number of carbonyl (C=O) groups is 2. The van der Waals surface area contributed by atoms with Gasteiger partial charge in [0.1, 0.15) is 0 Å². The molecule has 0 aromatic carbocycles. The van der Waals surface area contributed by atoms with Crippen LogP contribution in [0.25, 0.3) is 0 Å². The first-order valence-electron chi connectivity index (χ1n) is 18.1. The molecule has 5 heteroatoms. The van der Waals surface area contributed by atoms with Crippen LogP contribution in [0.1, 0.15) is 132 Å². The quantitative estimate of drug-likeness (QED) is 0.161. The van der Waals surface area contributed by atoms with Crippen LogP contribution in [0.3, 0.4) is 0 Å². The fraction of sp³-hybridized carbons (Fsp3) is 0.846. The molecule has 0 aromatic heterocycles. The molecule has 4 fully saturated rings. The van der Waals surface area contributed by atoms with Gasteiger partial charge in [0.2, 0.25) is 0 Å². The van der Waals surface area contributed by atoms with E-state index < -0.39 is 17.9 Å². The molecule has 44 heavy (non-hydrogen) atoms. The summed E-state index contributed by atoms with van der Waals surface area (Å²) in [6.45, 7) is 23.8. The van der Waals surface area contributed by atoms with Crippen LogP contribution in [0, 0.1) is 57.2 Å². The summed E-state index contributed by atoms with van der Waals surface area (Å²) in [5.41, 5.74) is 11.1. The average Bonchev–Trinajstić information content (AvgIpc) is 3.30. The van der Waals surface area contributed by atoms with Crippen molar-refractivity contribution in [1.82, 2.24) is 0 Å². The molecule has 0 aliphatic heterocycles. The van der Waals surface area contributed by atoms with E-state index in [2.05, 4.69) is 54.2 Å². The number of rotatable bonds is 9. The lowest BCUT2D eigenvalue weighted by Crippen LogP contribution is -2.67. The number of carbonyl (C=O) groups excluding carboxylic acids is 2. The van der Waals surface area contributed by atoms with Crippen molar-refractivity contribution in [3.63, 3.8) is 0 Å². The zero-order valence-corrected chi connectivity index (χ0v) is 29.4. The van der Waals surface area contributed by atoms with E-state index in [4.69, 9.17) is 15.2 Å². The summed E-state index contributed by atoms with van der Waals surface area (Å²) in [5.74, 6) is 1.48. The highest BCUT2D eigenvalue weighted by atomic mass is 16.6. The van der Waals surface area contributed by atoms with Crippen LogP contribution in [0.2, 0.25) is 0 Å². The highest BCUT2D eigenvalue weighted by Crippen LogP contribution is 2.76. The minimum Gasteiger partial charge on any atom is -0.465 e. The molecular weight excluding hydrogens is 546 g/mol. The molecule has 0 saturated heterocycles. The van der Waals surface area contributed by atoms with E-state index in [1.165, 1.54) is 62.5 Å². The molecule has 0 spiro atoms. The monoisotopic (exact) mass is 609 g/mol. The second kappa shape index (κ2) is 11.9. The van der Waals surface area contributed by atoms with Crippen molar-refractivity contribution in [2.45, 2.75) is 138 Å². The molecule has 248 valence electrons. The molecule has 5 rings (SSSR count). The third-order valence-corrected chi connectivity index (χ3v) is 15.0. The van der Waals surface area contributed by atoms with E-state index in [1.54, 1.807) is 13.8 Å². The predicted molar refractivity (Wildman–Crippen MR) is 178 cm³/mol. The van der Waals surface area contributed by atoms with Gasteiger partial charge in [-0.1, -0.05) is 58.4 Å². The van der Waals surface area contributed by atoms with Gasteiger partial charge in [-0.2, -0.15) is 0 Å². The summed E-state index contributed by atoms with van der Waals surface area (Å²) in [7, 11) is 0. The maximum absolute atomic E-state index is 12.6. The van der Waals surface area contributed by atoms with Gasteiger partial charge in [-0.05, 0) is 149 Å². The van der Waals surface area contributed by atoms with Crippen molar-refractivity contribution < 1.29 is 19.1 Å². The Bertz CT molecular complexity index is 1150. The molecule has 5 nitrogen and oxygen atoms in total. The van der Waals surface area contributed by atoms with Crippen molar-refractivity contribution in [2.24, 2.45) is 62.9 Å². The first-order chi connectivity index (χ1) is 20.6. The number of hydrogen-bond acceptors (Lipinski definition) is 5. The van der Waals surface area contributed by atoms with Crippen LogP contribution in [-0.2, 0) is 19.1 Å². The summed E-state index contributed by atoms with van der Waals surface area (Å²) in [5, 5.41) is 0. The van der Waals surface area contributed by atoms with Gasteiger partial charge >= 0.3 is 11.9 Å². The van der Waals surface area contributed by atoms with E-state index in [0.717, 1.165) is 19.3 Å². The third-order valence-electron chi connectivity index (χ3n) is 15.0. The number of allylic oxidation sites excluding steroid dienone is 3. The molecule has 0 unspecified atom stereocenters. The van der Waals surface area contributed by atoms with Crippen molar-refractivity contribution in [3.8, 4) is 0 Å². The maximum Gasteiger partial charge on any atom is 0.320 e. The SMILES string of the molecule is C=C(C)[C@@H]1CC[C@]2(N)CC[C@]3(C)[C@H](CC[C@@H]4[C@@]5(C)CC=C(CCCC(C(=O)OCC)C(=O)OCC)C(C)(C)[C@@H]5CC[C@]43C)[C@@H]12. The fourth-order valence-electron chi connectivity index (χ4n) is 12.6. The van der Waals surface area contributed by atoms with Crippen molar-refractivity contribution in [2.75, 3.05) is 13.2 Å². The normalized spacial score (nSPS) is 42.3. The number of hydrogen-bond donors (Lipinski definition) is 1. The number of fused-ring (bicyclic) bond motifs is 7. The number of esters is 2. The lowest BCUT2D eigenvalue weighted by molar-refractivity contribution is -0.219. The van der Waals surface area contributed by atoms with Crippen LogP contribution in [-0.4, -0.2) is 30.7 Å². The highest BCUT2D eigenvalue weighted by molar-refractivity contribution is 5.94. The number of nitrogens with two attached hydrogens (primary N) is 1. The second-order valence-corrected chi connectivity index (χ2v) is 17.0. The van der Waals surface area contributed by atoms with Gasteiger partial charge < -0.3 is 15.2 Å². The van der Waals surface area contributed by atoms with E-state index in [9.17, 15) is 9.59 Å². The summed E-state index contributed by atoms with van der Waals surface area (Å²) in [4.78, 5) is 25.1. The fourth-order valence-corrected chi connectivity index (χ4v) is 12.6. The molecule has 2 N–H and O–H groups in total. The Morgan fingerprint density at radius 3 is 2.18 bits per heavy atom. The van der Waals surface area contributed by atoms with Crippen LogP contribution >= 0.6 is 0 Å². The highest BCUT2D eigenvalue weighted by Gasteiger charge is 2.69. The van der Waals surface area contributed by atoms with Gasteiger partial charge in [-0.3, -0.25) is 9.59 Å². The molecule has 0 radical (unpaired) electrons. The molecule has 0 bridgehead atoms. The van der Waals surface area contributed by atoms with Crippen LogP contribution in [0.5, 0.6) is 0 Å². The van der Waals surface area contributed by atoms with Gasteiger partial charge in [0.15, 0.2) is 5.92 Å².